The monoisotopic (exact) mass is 372 g/mol. The quantitative estimate of drug-likeness (QED) is 0.716. The number of carbonyl (C=O) groups excluding carboxylic acids is 3. The molecule has 0 radical (unpaired) electrons. The van der Waals surface area contributed by atoms with Gasteiger partial charge < -0.3 is 16.0 Å². The second kappa shape index (κ2) is 8.09. The van der Waals surface area contributed by atoms with Crippen LogP contribution in [0.2, 0.25) is 0 Å². The number of aryl methyl sites for hydroxylation is 1. The number of nitrogens with zero attached hydrogens (tertiary/aromatic N) is 1. The minimum Gasteiger partial charge on any atom is -0.352 e. The first-order chi connectivity index (χ1) is 12.5. The summed E-state index contributed by atoms with van der Waals surface area (Å²) >= 11 is 1.26. The van der Waals surface area contributed by atoms with E-state index >= 15 is 0 Å². The van der Waals surface area contributed by atoms with Gasteiger partial charge in [-0.25, -0.2) is 4.98 Å². The number of carbonyl (C=O) groups is 3. The van der Waals surface area contributed by atoms with Crippen LogP contribution in [0.15, 0.2) is 29.6 Å². The number of hydrogen-bond acceptors (Lipinski definition) is 5. The van der Waals surface area contributed by atoms with Gasteiger partial charge in [-0.3, -0.25) is 14.4 Å². The van der Waals surface area contributed by atoms with Crippen molar-refractivity contribution in [3.05, 3.63) is 46.5 Å². The summed E-state index contributed by atoms with van der Waals surface area (Å²) in [5, 5.41) is 10.3. The molecule has 3 N–H and O–H groups in total. The lowest BCUT2D eigenvalue weighted by atomic mass is 10.1. The Balaban J connectivity index is 1.46. The van der Waals surface area contributed by atoms with Gasteiger partial charge in [0.15, 0.2) is 5.13 Å². The fourth-order valence-corrected chi connectivity index (χ4v) is 3.30. The Hall–Kier alpha value is -2.74. The van der Waals surface area contributed by atoms with Crippen molar-refractivity contribution < 1.29 is 14.4 Å². The molecule has 1 fully saturated rings. The van der Waals surface area contributed by atoms with Crippen molar-refractivity contribution in [3.63, 3.8) is 0 Å². The summed E-state index contributed by atoms with van der Waals surface area (Å²) in [6.45, 7) is 2.48. The van der Waals surface area contributed by atoms with Crippen LogP contribution in [-0.2, 0) is 27.3 Å². The Morgan fingerprint density at radius 3 is 2.77 bits per heavy atom. The molecule has 1 saturated heterocycles. The number of thiazole rings is 1. The van der Waals surface area contributed by atoms with E-state index in [-0.39, 0.29) is 24.1 Å². The van der Waals surface area contributed by atoms with E-state index in [4.69, 9.17) is 0 Å². The average Bonchev–Trinajstić information content (AvgIpc) is 3.23. The van der Waals surface area contributed by atoms with Crippen LogP contribution in [0.5, 0.6) is 0 Å². The number of anilines is 1. The highest BCUT2D eigenvalue weighted by molar-refractivity contribution is 7.13. The fourth-order valence-electron chi connectivity index (χ4n) is 2.58. The van der Waals surface area contributed by atoms with Crippen molar-refractivity contribution in [1.29, 1.82) is 0 Å². The maximum Gasteiger partial charge on any atom is 0.248 e. The van der Waals surface area contributed by atoms with Gasteiger partial charge in [0, 0.05) is 18.3 Å². The van der Waals surface area contributed by atoms with E-state index < -0.39 is 6.04 Å². The third kappa shape index (κ3) is 4.89. The highest BCUT2D eigenvalue weighted by Crippen LogP contribution is 2.17. The number of benzene rings is 1. The molecule has 7 nitrogen and oxygen atoms in total. The zero-order valence-corrected chi connectivity index (χ0v) is 15.2. The van der Waals surface area contributed by atoms with Crippen LogP contribution < -0.4 is 16.0 Å². The van der Waals surface area contributed by atoms with Crippen LogP contribution in [0.4, 0.5) is 5.13 Å². The SMILES string of the molecule is Cc1ccc(CNC(=O)Cc2csc(NC(=O)[C@@H]3CCC(=O)N3)n2)cc1. The molecule has 1 atom stereocenters. The molecule has 0 saturated carbocycles. The van der Waals surface area contributed by atoms with Gasteiger partial charge in [-0.05, 0) is 18.9 Å². The molecule has 0 spiro atoms. The third-order valence-corrected chi connectivity index (χ3v) is 4.85. The lowest BCUT2D eigenvalue weighted by Crippen LogP contribution is -2.37. The molecular formula is C18H20N4O3S. The summed E-state index contributed by atoms with van der Waals surface area (Å²) in [5.41, 5.74) is 2.81. The van der Waals surface area contributed by atoms with Crippen molar-refractivity contribution >= 4 is 34.2 Å². The van der Waals surface area contributed by atoms with E-state index in [9.17, 15) is 14.4 Å². The van der Waals surface area contributed by atoms with E-state index in [0.29, 0.717) is 30.2 Å². The molecule has 8 heteroatoms. The van der Waals surface area contributed by atoms with Crippen LogP contribution in [0.3, 0.4) is 0 Å². The molecule has 26 heavy (non-hydrogen) atoms. The molecule has 1 aliphatic rings. The third-order valence-electron chi connectivity index (χ3n) is 4.05. The minimum absolute atomic E-state index is 0.116. The van der Waals surface area contributed by atoms with E-state index in [1.807, 2.05) is 31.2 Å². The van der Waals surface area contributed by atoms with E-state index in [1.54, 1.807) is 5.38 Å². The molecule has 1 aromatic carbocycles. The van der Waals surface area contributed by atoms with Crippen LogP contribution >= 0.6 is 11.3 Å². The van der Waals surface area contributed by atoms with Gasteiger partial charge in [0.2, 0.25) is 17.7 Å². The maximum atomic E-state index is 12.0. The Kier molecular flexibility index (Phi) is 5.62. The van der Waals surface area contributed by atoms with Gasteiger partial charge in [0.1, 0.15) is 6.04 Å². The Morgan fingerprint density at radius 1 is 1.31 bits per heavy atom. The zero-order valence-electron chi connectivity index (χ0n) is 14.4. The summed E-state index contributed by atoms with van der Waals surface area (Å²) in [6.07, 6.45) is 1.01. The topological polar surface area (TPSA) is 100 Å². The van der Waals surface area contributed by atoms with Crippen LogP contribution in [0.1, 0.15) is 29.7 Å². The molecule has 0 aliphatic carbocycles. The number of amides is 3. The fraction of sp³-hybridized carbons (Fsp3) is 0.333. The molecule has 3 rings (SSSR count). The number of aromatic nitrogens is 1. The predicted octanol–water partition coefficient (Wildman–Crippen LogP) is 1.53. The van der Waals surface area contributed by atoms with Gasteiger partial charge in [-0.15, -0.1) is 11.3 Å². The van der Waals surface area contributed by atoms with Crippen LogP contribution in [-0.4, -0.2) is 28.7 Å². The van der Waals surface area contributed by atoms with Crippen LogP contribution in [0, 0.1) is 6.92 Å². The molecular weight excluding hydrogens is 352 g/mol. The lowest BCUT2D eigenvalue weighted by Gasteiger charge is -2.08. The first kappa shape index (κ1) is 18.1. The van der Waals surface area contributed by atoms with Gasteiger partial charge in [0.05, 0.1) is 12.1 Å². The molecule has 136 valence electrons. The molecule has 2 heterocycles. The highest BCUT2D eigenvalue weighted by Gasteiger charge is 2.27. The predicted molar refractivity (Wildman–Crippen MR) is 98.6 cm³/mol. The summed E-state index contributed by atoms with van der Waals surface area (Å²) in [4.78, 5) is 39.5. The average molecular weight is 372 g/mol. The Bertz CT molecular complexity index is 816. The molecule has 2 aromatic rings. The van der Waals surface area contributed by atoms with Crippen molar-refractivity contribution in [1.82, 2.24) is 15.6 Å². The Morgan fingerprint density at radius 2 is 2.08 bits per heavy atom. The number of hydrogen-bond donors (Lipinski definition) is 3. The Labute approximate surface area is 155 Å². The van der Waals surface area contributed by atoms with Gasteiger partial charge in [-0.1, -0.05) is 29.8 Å². The van der Waals surface area contributed by atoms with E-state index in [2.05, 4.69) is 20.9 Å². The number of nitrogens with one attached hydrogen (secondary N) is 3. The summed E-state index contributed by atoms with van der Waals surface area (Å²) in [5.74, 6) is -0.521. The van der Waals surface area contributed by atoms with Gasteiger partial charge in [0.25, 0.3) is 0 Å². The zero-order chi connectivity index (χ0) is 18.5. The van der Waals surface area contributed by atoms with Crippen molar-refractivity contribution in [2.24, 2.45) is 0 Å². The highest BCUT2D eigenvalue weighted by atomic mass is 32.1. The summed E-state index contributed by atoms with van der Waals surface area (Å²) < 4.78 is 0. The van der Waals surface area contributed by atoms with Crippen molar-refractivity contribution in [2.75, 3.05) is 5.32 Å². The van der Waals surface area contributed by atoms with Crippen LogP contribution in [0.25, 0.3) is 0 Å². The largest absolute Gasteiger partial charge is 0.352 e. The molecule has 1 aromatic heterocycles. The molecule has 0 unspecified atom stereocenters. The summed E-state index contributed by atoms with van der Waals surface area (Å²) in [6, 6.07) is 7.46. The maximum absolute atomic E-state index is 12.0. The van der Waals surface area contributed by atoms with Gasteiger partial charge >= 0.3 is 0 Å². The lowest BCUT2D eigenvalue weighted by molar-refractivity contribution is -0.122. The van der Waals surface area contributed by atoms with Gasteiger partial charge in [-0.2, -0.15) is 0 Å². The minimum atomic E-state index is -0.507. The standard InChI is InChI=1S/C18H20N4O3S/c1-11-2-4-12(5-3-11)9-19-16(24)8-13-10-26-18(20-13)22-17(25)14-6-7-15(23)21-14/h2-5,10,14H,6-9H2,1H3,(H,19,24)(H,21,23)(H,20,22,25)/t14-/m0/s1. The first-order valence-electron chi connectivity index (χ1n) is 8.36. The second-order valence-electron chi connectivity index (χ2n) is 6.23. The van der Waals surface area contributed by atoms with E-state index in [0.717, 1.165) is 5.56 Å². The molecule has 1 aliphatic heterocycles. The molecule has 3 amide bonds. The normalized spacial score (nSPS) is 16.2. The first-order valence-corrected chi connectivity index (χ1v) is 9.24. The molecule has 0 bridgehead atoms. The summed E-state index contributed by atoms with van der Waals surface area (Å²) in [7, 11) is 0. The smallest absolute Gasteiger partial charge is 0.248 e. The van der Waals surface area contributed by atoms with Crippen molar-refractivity contribution in [3.8, 4) is 0 Å². The van der Waals surface area contributed by atoms with E-state index in [1.165, 1.54) is 16.9 Å². The second-order valence-corrected chi connectivity index (χ2v) is 7.09. The number of rotatable bonds is 6. The van der Waals surface area contributed by atoms with Crippen molar-refractivity contribution in [2.45, 2.75) is 38.8 Å².